The van der Waals surface area contributed by atoms with Crippen molar-refractivity contribution in [2.24, 2.45) is 23.7 Å². The van der Waals surface area contributed by atoms with Crippen molar-refractivity contribution in [1.29, 1.82) is 0 Å². The van der Waals surface area contributed by atoms with E-state index in [9.17, 15) is 19.1 Å². The molecule has 4 rings (SSSR count). The van der Waals surface area contributed by atoms with Crippen molar-refractivity contribution < 1.29 is 19.1 Å². The third kappa shape index (κ3) is 3.14. The predicted molar refractivity (Wildman–Crippen MR) is 93.6 cm³/mol. The molecule has 1 N–H and O–H groups in total. The third-order valence-electron chi connectivity index (χ3n) is 6.01. The highest BCUT2D eigenvalue weighted by molar-refractivity contribution is 5.87. The Labute approximate surface area is 152 Å². The number of hydrogen-bond donors (Lipinski definition) is 1. The molecule has 1 saturated heterocycles. The smallest absolute Gasteiger partial charge is 0.307 e. The Bertz CT molecular complexity index is 742. The molecule has 1 amide bonds. The van der Waals surface area contributed by atoms with Gasteiger partial charge in [0.05, 0.1) is 11.8 Å². The first-order valence-electron chi connectivity index (χ1n) is 9.19. The van der Waals surface area contributed by atoms with Crippen LogP contribution in [0.1, 0.15) is 12.0 Å². The quantitative estimate of drug-likeness (QED) is 0.837. The van der Waals surface area contributed by atoms with E-state index in [-0.39, 0.29) is 23.6 Å². The molecule has 2 bridgehead atoms. The maximum Gasteiger partial charge on any atom is 0.307 e. The van der Waals surface area contributed by atoms with E-state index in [1.54, 1.807) is 6.07 Å². The molecule has 1 saturated carbocycles. The molecule has 1 aromatic rings. The lowest BCUT2D eigenvalue weighted by molar-refractivity contribution is -0.151. The molecule has 1 aromatic carbocycles. The molecule has 1 heterocycles. The monoisotopic (exact) mass is 358 g/mol. The third-order valence-corrected chi connectivity index (χ3v) is 6.01. The number of piperazine rings is 1. The van der Waals surface area contributed by atoms with Crippen molar-refractivity contribution >= 4 is 11.9 Å². The lowest BCUT2D eigenvalue weighted by atomic mass is 9.82. The van der Waals surface area contributed by atoms with Crippen molar-refractivity contribution in [3.05, 3.63) is 47.8 Å². The number of aliphatic carboxylic acids is 1. The Morgan fingerprint density at radius 1 is 1.08 bits per heavy atom. The average Bonchev–Trinajstić information content (AvgIpc) is 3.23. The summed E-state index contributed by atoms with van der Waals surface area (Å²) in [5.74, 6) is -2.04. The fourth-order valence-electron chi connectivity index (χ4n) is 4.73. The van der Waals surface area contributed by atoms with Gasteiger partial charge in [0.2, 0.25) is 5.91 Å². The van der Waals surface area contributed by atoms with E-state index in [2.05, 4.69) is 4.90 Å². The number of hydrogen-bond acceptors (Lipinski definition) is 3. The second-order valence-electron chi connectivity index (χ2n) is 7.57. The molecule has 0 unspecified atom stereocenters. The summed E-state index contributed by atoms with van der Waals surface area (Å²) in [7, 11) is 0. The van der Waals surface area contributed by atoms with E-state index in [0.29, 0.717) is 19.6 Å². The SMILES string of the molecule is O=C(O)[C@@H]1[C@H](C(=O)N2CCN(Cc3cccc(F)c3)CC2)[C@H]2C=C[C@H]1C2. The fourth-order valence-corrected chi connectivity index (χ4v) is 4.73. The molecular formula is C20H23FN2O3. The normalized spacial score (nSPS) is 30.7. The summed E-state index contributed by atoms with van der Waals surface area (Å²) in [5, 5.41) is 9.54. The number of fused-ring (bicyclic) bond motifs is 2. The van der Waals surface area contributed by atoms with Gasteiger partial charge >= 0.3 is 5.97 Å². The highest BCUT2D eigenvalue weighted by Gasteiger charge is 2.52. The molecule has 2 fully saturated rings. The number of rotatable bonds is 4. The number of carboxylic acid groups (broad SMARTS) is 1. The average molecular weight is 358 g/mol. The topological polar surface area (TPSA) is 60.9 Å². The minimum Gasteiger partial charge on any atom is -0.481 e. The molecule has 26 heavy (non-hydrogen) atoms. The minimum atomic E-state index is -0.857. The highest BCUT2D eigenvalue weighted by Crippen LogP contribution is 2.48. The van der Waals surface area contributed by atoms with Crippen LogP contribution in [0, 0.1) is 29.5 Å². The van der Waals surface area contributed by atoms with Crippen LogP contribution in [0.2, 0.25) is 0 Å². The van der Waals surface area contributed by atoms with Crippen LogP contribution in [0.25, 0.3) is 0 Å². The van der Waals surface area contributed by atoms with E-state index in [1.807, 2.05) is 23.1 Å². The van der Waals surface area contributed by atoms with Crippen LogP contribution in [0.5, 0.6) is 0 Å². The molecule has 0 spiro atoms. The first-order valence-corrected chi connectivity index (χ1v) is 9.19. The molecule has 6 heteroatoms. The van der Waals surface area contributed by atoms with Gasteiger partial charge in [-0.25, -0.2) is 4.39 Å². The lowest BCUT2D eigenvalue weighted by Crippen LogP contribution is -2.52. The van der Waals surface area contributed by atoms with Crippen LogP contribution < -0.4 is 0 Å². The van der Waals surface area contributed by atoms with Gasteiger partial charge in [-0.3, -0.25) is 14.5 Å². The number of carbonyl (C=O) groups excluding carboxylic acids is 1. The van der Waals surface area contributed by atoms with Crippen LogP contribution in [0.15, 0.2) is 36.4 Å². The maximum atomic E-state index is 13.3. The second-order valence-corrected chi connectivity index (χ2v) is 7.57. The van der Waals surface area contributed by atoms with Gasteiger partial charge in [-0.05, 0) is 36.0 Å². The number of benzene rings is 1. The summed E-state index contributed by atoms with van der Waals surface area (Å²) in [4.78, 5) is 28.6. The number of allylic oxidation sites excluding steroid dienone is 2. The maximum absolute atomic E-state index is 13.3. The molecule has 0 radical (unpaired) electrons. The molecule has 0 aromatic heterocycles. The van der Waals surface area contributed by atoms with Gasteiger partial charge in [0.15, 0.2) is 0 Å². The molecule has 138 valence electrons. The van der Waals surface area contributed by atoms with Gasteiger partial charge in [0.25, 0.3) is 0 Å². The molecule has 5 nitrogen and oxygen atoms in total. The summed E-state index contributed by atoms with van der Waals surface area (Å²) < 4.78 is 13.3. The summed E-state index contributed by atoms with van der Waals surface area (Å²) in [6, 6.07) is 6.58. The van der Waals surface area contributed by atoms with Crippen molar-refractivity contribution in [2.75, 3.05) is 26.2 Å². The zero-order chi connectivity index (χ0) is 18.3. The summed E-state index contributed by atoms with van der Waals surface area (Å²) in [6.45, 7) is 3.29. The Morgan fingerprint density at radius 3 is 2.42 bits per heavy atom. The van der Waals surface area contributed by atoms with Crippen molar-refractivity contribution in [3.8, 4) is 0 Å². The Hall–Kier alpha value is -2.21. The zero-order valence-corrected chi connectivity index (χ0v) is 14.6. The standard InChI is InChI=1S/C20H23FN2O3/c21-16-3-1-2-13(10-16)12-22-6-8-23(9-7-22)19(24)17-14-4-5-15(11-14)18(17)20(25)26/h1-5,10,14-15,17-18H,6-9,11-12H2,(H,25,26)/t14-,15-,17+,18-/m0/s1. The summed E-state index contributed by atoms with van der Waals surface area (Å²) >= 11 is 0. The molecule has 3 aliphatic rings. The Balaban J connectivity index is 1.36. The van der Waals surface area contributed by atoms with Gasteiger partial charge in [-0.2, -0.15) is 0 Å². The first-order chi connectivity index (χ1) is 12.5. The second kappa shape index (κ2) is 6.83. The van der Waals surface area contributed by atoms with E-state index < -0.39 is 17.8 Å². The predicted octanol–water partition coefficient (Wildman–Crippen LogP) is 1.99. The number of carbonyl (C=O) groups is 2. The largest absolute Gasteiger partial charge is 0.481 e. The van der Waals surface area contributed by atoms with Crippen LogP contribution in [-0.4, -0.2) is 53.0 Å². The van der Waals surface area contributed by atoms with E-state index >= 15 is 0 Å². The summed E-state index contributed by atoms with van der Waals surface area (Å²) in [5.41, 5.74) is 0.925. The summed E-state index contributed by atoms with van der Waals surface area (Å²) in [6.07, 6.45) is 4.77. The molecule has 1 aliphatic heterocycles. The van der Waals surface area contributed by atoms with Crippen molar-refractivity contribution in [3.63, 3.8) is 0 Å². The first kappa shape index (κ1) is 17.2. The fraction of sp³-hybridized carbons (Fsp3) is 0.500. The molecule has 2 aliphatic carbocycles. The zero-order valence-electron chi connectivity index (χ0n) is 14.6. The number of amides is 1. The van der Waals surface area contributed by atoms with Gasteiger partial charge < -0.3 is 10.0 Å². The highest BCUT2D eigenvalue weighted by atomic mass is 19.1. The lowest BCUT2D eigenvalue weighted by Gasteiger charge is -2.37. The van der Waals surface area contributed by atoms with E-state index in [0.717, 1.165) is 25.1 Å². The van der Waals surface area contributed by atoms with E-state index in [4.69, 9.17) is 0 Å². The van der Waals surface area contributed by atoms with E-state index in [1.165, 1.54) is 12.1 Å². The van der Waals surface area contributed by atoms with Crippen LogP contribution in [-0.2, 0) is 16.1 Å². The van der Waals surface area contributed by atoms with Gasteiger partial charge in [0.1, 0.15) is 5.82 Å². The number of nitrogens with zero attached hydrogens (tertiary/aromatic N) is 2. The number of halogens is 1. The molecular weight excluding hydrogens is 335 g/mol. The van der Waals surface area contributed by atoms with Crippen LogP contribution in [0.3, 0.4) is 0 Å². The number of carboxylic acids is 1. The van der Waals surface area contributed by atoms with Crippen molar-refractivity contribution in [2.45, 2.75) is 13.0 Å². The Morgan fingerprint density at radius 2 is 1.77 bits per heavy atom. The van der Waals surface area contributed by atoms with Crippen LogP contribution >= 0.6 is 0 Å². The van der Waals surface area contributed by atoms with Gasteiger partial charge in [-0.1, -0.05) is 24.3 Å². The van der Waals surface area contributed by atoms with Gasteiger partial charge in [-0.15, -0.1) is 0 Å². The molecule has 4 atom stereocenters. The van der Waals surface area contributed by atoms with Crippen molar-refractivity contribution in [1.82, 2.24) is 9.80 Å². The Kier molecular flexibility index (Phi) is 4.53. The van der Waals surface area contributed by atoms with Gasteiger partial charge in [0, 0.05) is 32.7 Å². The minimum absolute atomic E-state index is 0.000663. The van der Waals surface area contributed by atoms with Crippen LogP contribution in [0.4, 0.5) is 4.39 Å².